The van der Waals surface area contributed by atoms with E-state index < -0.39 is 17.5 Å². The van der Waals surface area contributed by atoms with Crippen LogP contribution >= 0.6 is 11.6 Å². The molecule has 0 aliphatic heterocycles. The summed E-state index contributed by atoms with van der Waals surface area (Å²) in [5.74, 6) is -3.98. The average Bonchev–Trinajstić information content (AvgIpc) is 2.38. The molecule has 0 heterocycles. The molecule has 2 aromatic carbocycles. The minimum atomic E-state index is -1.49. The van der Waals surface area contributed by atoms with Gasteiger partial charge in [0.1, 0.15) is 0 Å². The van der Waals surface area contributed by atoms with Gasteiger partial charge in [-0.1, -0.05) is 11.6 Å². The maximum Gasteiger partial charge on any atom is 0.194 e. The lowest BCUT2D eigenvalue weighted by Gasteiger charge is -2.22. The Morgan fingerprint density at radius 1 is 1.05 bits per heavy atom. The maximum absolute atomic E-state index is 13.3. The Bertz CT molecular complexity index is 651. The summed E-state index contributed by atoms with van der Waals surface area (Å²) in [6.07, 6.45) is 0. The summed E-state index contributed by atoms with van der Waals surface area (Å²) in [5, 5.41) is 0.334. The van der Waals surface area contributed by atoms with E-state index in [9.17, 15) is 13.2 Å². The lowest BCUT2D eigenvalue weighted by atomic mass is 10.1. The highest BCUT2D eigenvalue weighted by atomic mass is 35.5. The molecule has 2 aromatic rings. The van der Waals surface area contributed by atoms with Gasteiger partial charge >= 0.3 is 0 Å². The smallest absolute Gasteiger partial charge is 0.194 e. The van der Waals surface area contributed by atoms with Gasteiger partial charge in [0.25, 0.3) is 0 Å². The van der Waals surface area contributed by atoms with Crippen LogP contribution < -0.4 is 10.6 Å². The molecule has 2 rings (SSSR count). The molecule has 0 unspecified atom stereocenters. The van der Waals surface area contributed by atoms with Crippen molar-refractivity contribution in [2.45, 2.75) is 6.92 Å². The molecule has 0 saturated heterocycles. The highest BCUT2D eigenvalue weighted by Crippen LogP contribution is 2.33. The molecule has 0 radical (unpaired) electrons. The van der Waals surface area contributed by atoms with Gasteiger partial charge in [-0.3, -0.25) is 0 Å². The van der Waals surface area contributed by atoms with Gasteiger partial charge in [-0.25, -0.2) is 13.2 Å². The fourth-order valence-electron chi connectivity index (χ4n) is 1.93. The Labute approximate surface area is 119 Å². The molecule has 0 spiro atoms. The molecule has 0 atom stereocenters. The molecule has 2 nitrogen and oxygen atoms in total. The highest BCUT2D eigenvalue weighted by molar-refractivity contribution is 6.33. The van der Waals surface area contributed by atoms with Gasteiger partial charge in [0.15, 0.2) is 17.5 Å². The fraction of sp³-hybridized carbons (Fsp3) is 0.143. The van der Waals surface area contributed by atoms with Crippen LogP contribution in [0, 0.1) is 24.4 Å². The number of anilines is 3. The first kappa shape index (κ1) is 14.5. The summed E-state index contributed by atoms with van der Waals surface area (Å²) in [6, 6.07) is 5.08. The van der Waals surface area contributed by atoms with Crippen LogP contribution in [0.15, 0.2) is 24.3 Å². The Morgan fingerprint density at radius 3 is 2.15 bits per heavy atom. The largest absolute Gasteiger partial charge is 0.398 e. The number of rotatable bonds is 2. The number of halogens is 4. The molecule has 0 aliphatic rings. The Morgan fingerprint density at radius 2 is 1.60 bits per heavy atom. The zero-order valence-corrected chi connectivity index (χ0v) is 11.6. The van der Waals surface area contributed by atoms with Crippen LogP contribution in [0.2, 0.25) is 5.02 Å². The standard InChI is InChI=1S/C14H12ClF3N2/c1-7-3-12(19)9(15)6-13(7)20(2)8-4-10(16)14(18)11(17)5-8/h3-6H,19H2,1-2H3. The molecule has 0 amide bonds. The number of hydrogen-bond acceptors (Lipinski definition) is 2. The maximum atomic E-state index is 13.3. The van der Waals surface area contributed by atoms with Crippen molar-refractivity contribution in [3.05, 3.63) is 52.3 Å². The quantitative estimate of drug-likeness (QED) is 0.657. The van der Waals surface area contributed by atoms with E-state index in [1.165, 1.54) is 4.90 Å². The molecule has 0 bridgehead atoms. The molecule has 20 heavy (non-hydrogen) atoms. The van der Waals surface area contributed by atoms with Crippen molar-refractivity contribution >= 4 is 28.7 Å². The highest BCUT2D eigenvalue weighted by Gasteiger charge is 2.15. The van der Waals surface area contributed by atoms with Gasteiger partial charge in [0, 0.05) is 30.6 Å². The summed E-state index contributed by atoms with van der Waals surface area (Å²) in [5.41, 5.74) is 7.66. The third kappa shape index (κ3) is 2.54. The summed E-state index contributed by atoms with van der Waals surface area (Å²) < 4.78 is 39.5. The molecule has 6 heteroatoms. The minimum Gasteiger partial charge on any atom is -0.398 e. The molecular formula is C14H12ClF3N2. The third-order valence-corrected chi connectivity index (χ3v) is 3.36. The average molecular weight is 301 g/mol. The third-order valence-electron chi connectivity index (χ3n) is 3.03. The van der Waals surface area contributed by atoms with E-state index >= 15 is 0 Å². The van der Waals surface area contributed by atoms with Gasteiger partial charge in [-0.05, 0) is 24.6 Å². The first-order valence-corrected chi connectivity index (χ1v) is 6.13. The Balaban J connectivity index is 2.51. The predicted octanol–water partition coefficient (Wildman–Crippen LogP) is 4.42. The Kier molecular flexibility index (Phi) is 3.81. The summed E-state index contributed by atoms with van der Waals surface area (Å²) in [7, 11) is 1.60. The van der Waals surface area contributed by atoms with E-state index in [1.54, 1.807) is 26.1 Å². The van der Waals surface area contributed by atoms with E-state index in [2.05, 4.69) is 0 Å². The van der Waals surface area contributed by atoms with Crippen molar-refractivity contribution in [1.82, 2.24) is 0 Å². The molecule has 2 N–H and O–H groups in total. The second-order valence-electron chi connectivity index (χ2n) is 4.44. The minimum absolute atomic E-state index is 0.172. The SMILES string of the molecule is Cc1cc(N)c(Cl)cc1N(C)c1cc(F)c(F)c(F)c1. The van der Waals surface area contributed by atoms with Crippen LogP contribution in [-0.2, 0) is 0 Å². The van der Waals surface area contributed by atoms with Gasteiger partial charge in [-0.15, -0.1) is 0 Å². The molecular weight excluding hydrogens is 289 g/mol. The molecule has 0 aromatic heterocycles. The second kappa shape index (κ2) is 5.25. The van der Waals surface area contributed by atoms with Crippen LogP contribution in [0.1, 0.15) is 5.56 Å². The second-order valence-corrected chi connectivity index (χ2v) is 4.85. The van der Waals surface area contributed by atoms with Crippen molar-refractivity contribution in [3.8, 4) is 0 Å². The van der Waals surface area contributed by atoms with Gasteiger partial charge in [-0.2, -0.15) is 0 Å². The van der Waals surface area contributed by atoms with Crippen molar-refractivity contribution in [2.75, 3.05) is 17.7 Å². The number of nitrogen functional groups attached to an aromatic ring is 1. The summed E-state index contributed by atoms with van der Waals surface area (Å²) >= 11 is 5.95. The first-order valence-electron chi connectivity index (χ1n) is 5.75. The van der Waals surface area contributed by atoms with Gasteiger partial charge < -0.3 is 10.6 Å². The first-order chi connectivity index (χ1) is 9.31. The van der Waals surface area contributed by atoms with E-state index in [-0.39, 0.29) is 5.69 Å². The van der Waals surface area contributed by atoms with E-state index in [1.807, 2.05) is 0 Å². The van der Waals surface area contributed by atoms with E-state index in [0.29, 0.717) is 16.4 Å². The van der Waals surface area contributed by atoms with Crippen LogP contribution in [0.4, 0.5) is 30.2 Å². The molecule has 0 saturated carbocycles. The monoisotopic (exact) mass is 300 g/mol. The van der Waals surface area contributed by atoms with Gasteiger partial charge in [0.05, 0.1) is 10.7 Å². The zero-order chi connectivity index (χ0) is 15.0. The topological polar surface area (TPSA) is 29.3 Å². The lowest BCUT2D eigenvalue weighted by Crippen LogP contribution is -2.12. The van der Waals surface area contributed by atoms with Crippen LogP contribution in [-0.4, -0.2) is 7.05 Å². The molecule has 106 valence electrons. The van der Waals surface area contributed by atoms with Crippen molar-refractivity contribution in [3.63, 3.8) is 0 Å². The predicted molar refractivity (Wildman–Crippen MR) is 75.0 cm³/mol. The number of hydrogen-bond donors (Lipinski definition) is 1. The number of nitrogens with zero attached hydrogens (tertiary/aromatic N) is 1. The number of benzene rings is 2. The number of nitrogens with two attached hydrogens (primary N) is 1. The van der Waals surface area contributed by atoms with E-state index in [0.717, 1.165) is 17.7 Å². The van der Waals surface area contributed by atoms with Gasteiger partial charge in [0.2, 0.25) is 0 Å². The van der Waals surface area contributed by atoms with E-state index in [4.69, 9.17) is 17.3 Å². The lowest BCUT2D eigenvalue weighted by molar-refractivity contribution is 0.447. The Hall–Kier alpha value is -1.88. The molecule has 0 fully saturated rings. The van der Waals surface area contributed by atoms with Crippen molar-refractivity contribution < 1.29 is 13.2 Å². The summed E-state index contributed by atoms with van der Waals surface area (Å²) in [6.45, 7) is 1.79. The fourth-order valence-corrected chi connectivity index (χ4v) is 2.09. The van der Waals surface area contributed by atoms with Crippen LogP contribution in [0.3, 0.4) is 0 Å². The summed E-state index contributed by atoms with van der Waals surface area (Å²) in [4.78, 5) is 1.51. The zero-order valence-electron chi connectivity index (χ0n) is 10.8. The van der Waals surface area contributed by atoms with Crippen LogP contribution in [0.25, 0.3) is 0 Å². The molecule has 0 aliphatic carbocycles. The van der Waals surface area contributed by atoms with Crippen LogP contribution in [0.5, 0.6) is 0 Å². The van der Waals surface area contributed by atoms with Crippen molar-refractivity contribution in [2.24, 2.45) is 0 Å². The van der Waals surface area contributed by atoms with Crippen molar-refractivity contribution in [1.29, 1.82) is 0 Å². The number of aryl methyl sites for hydroxylation is 1. The normalized spacial score (nSPS) is 10.7.